The summed E-state index contributed by atoms with van der Waals surface area (Å²) in [6.07, 6.45) is 5.12. The monoisotopic (exact) mass is 246 g/mol. The van der Waals surface area contributed by atoms with Crippen molar-refractivity contribution in [3.05, 3.63) is 35.9 Å². The molecule has 98 valence electrons. The highest BCUT2D eigenvalue weighted by atomic mass is 16.1. The first-order chi connectivity index (χ1) is 8.85. The third kappa shape index (κ3) is 3.18. The van der Waals surface area contributed by atoms with E-state index in [1.165, 1.54) is 12.0 Å². The van der Waals surface area contributed by atoms with Gasteiger partial charge in [0.2, 0.25) is 0 Å². The summed E-state index contributed by atoms with van der Waals surface area (Å²) in [7, 11) is 0. The van der Waals surface area contributed by atoms with Gasteiger partial charge in [0, 0.05) is 31.6 Å². The molecule has 0 radical (unpaired) electrons. The summed E-state index contributed by atoms with van der Waals surface area (Å²) in [5, 5.41) is 0. The maximum atomic E-state index is 10.8. The van der Waals surface area contributed by atoms with Crippen molar-refractivity contribution in [2.75, 3.05) is 6.54 Å². The van der Waals surface area contributed by atoms with Crippen LogP contribution in [0.3, 0.4) is 0 Å². The molecule has 2 atom stereocenters. The minimum atomic E-state index is 0.366. The van der Waals surface area contributed by atoms with Crippen molar-refractivity contribution in [2.45, 2.75) is 44.3 Å². The number of hydrogen-bond acceptors (Lipinski definition) is 3. The van der Waals surface area contributed by atoms with Gasteiger partial charge in [-0.05, 0) is 18.4 Å². The normalized spacial score (nSPS) is 24.9. The van der Waals surface area contributed by atoms with E-state index in [-0.39, 0.29) is 0 Å². The minimum Gasteiger partial charge on any atom is -0.329 e. The lowest BCUT2D eigenvalue weighted by Gasteiger charge is -2.41. The minimum absolute atomic E-state index is 0.366. The molecule has 1 saturated heterocycles. The van der Waals surface area contributed by atoms with E-state index in [0.29, 0.717) is 25.0 Å². The molecule has 1 fully saturated rings. The molecule has 0 bridgehead atoms. The Morgan fingerprint density at radius 1 is 1.22 bits per heavy atom. The molecule has 1 aromatic rings. The highest BCUT2D eigenvalue weighted by Crippen LogP contribution is 2.26. The van der Waals surface area contributed by atoms with Crippen molar-refractivity contribution >= 4 is 6.29 Å². The van der Waals surface area contributed by atoms with Crippen molar-refractivity contribution in [3.8, 4) is 0 Å². The van der Waals surface area contributed by atoms with Crippen molar-refractivity contribution in [3.63, 3.8) is 0 Å². The number of carbonyl (C=O) groups excluding carboxylic acids is 1. The molecule has 2 unspecified atom stereocenters. The Balaban J connectivity index is 2.10. The molecular formula is C15H22N2O. The van der Waals surface area contributed by atoms with E-state index in [4.69, 9.17) is 5.73 Å². The van der Waals surface area contributed by atoms with Crippen LogP contribution in [0.15, 0.2) is 30.3 Å². The van der Waals surface area contributed by atoms with Gasteiger partial charge < -0.3 is 10.5 Å². The van der Waals surface area contributed by atoms with Gasteiger partial charge in [0.25, 0.3) is 0 Å². The molecule has 0 spiro atoms. The molecule has 1 aliphatic rings. The zero-order valence-electron chi connectivity index (χ0n) is 10.8. The van der Waals surface area contributed by atoms with Gasteiger partial charge in [-0.25, -0.2) is 0 Å². The molecule has 3 heteroatoms. The lowest BCUT2D eigenvalue weighted by atomic mass is 9.93. The first-order valence-electron chi connectivity index (χ1n) is 6.78. The topological polar surface area (TPSA) is 46.3 Å². The average molecular weight is 246 g/mol. The van der Waals surface area contributed by atoms with Crippen LogP contribution in [0.25, 0.3) is 0 Å². The summed E-state index contributed by atoms with van der Waals surface area (Å²) < 4.78 is 0. The molecule has 0 aromatic heterocycles. The molecule has 3 nitrogen and oxygen atoms in total. The smallest absolute Gasteiger partial charge is 0.121 e. The number of nitrogens with two attached hydrogens (primary N) is 1. The number of benzene rings is 1. The van der Waals surface area contributed by atoms with E-state index in [0.717, 1.165) is 25.7 Å². The van der Waals surface area contributed by atoms with Crippen LogP contribution in [-0.2, 0) is 11.3 Å². The third-order valence-corrected chi connectivity index (χ3v) is 3.86. The van der Waals surface area contributed by atoms with E-state index in [1.807, 2.05) is 6.07 Å². The van der Waals surface area contributed by atoms with Crippen LogP contribution in [0.1, 0.15) is 31.2 Å². The highest BCUT2D eigenvalue weighted by Gasteiger charge is 2.29. The summed E-state index contributed by atoms with van der Waals surface area (Å²) in [6, 6.07) is 11.2. The fourth-order valence-corrected chi connectivity index (χ4v) is 2.89. The Morgan fingerprint density at radius 2 is 1.94 bits per heavy atom. The van der Waals surface area contributed by atoms with Crippen LogP contribution in [0.4, 0.5) is 0 Å². The Morgan fingerprint density at radius 3 is 2.61 bits per heavy atom. The second kappa shape index (κ2) is 6.66. The Kier molecular flexibility index (Phi) is 4.90. The van der Waals surface area contributed by atoms with Gasteiger partial charge in [-0.15, -0.1) is 0 Å². The standard InChI is InChI=1S/C15H22N2O/c16-11-15-8-4-7-14(9-10-18)17(15)12-13-5-2-1-3-6-13/h1-3,5-6,10,14-15H,4,7-9,11-12,16H2. The maximum absolute atomic E-state index is 10.8. The molecule has 1 aliphatic heterocycles. The SMILES string of the molecule is NCC1CCCC(CC=O)N1Cc1ccccc1. The Bertz CT molecular complexity index is 366. The molecule has 0 aliphatic carbocycles. The molecule has 2 rings (SSSR count). The van der Waals surface area contributed by atoms with Crippen LogP contribution in [-0.4, -0.2) is 29.8 Å². The number of hydrogen-bond donors (Lipinski definition) is 1. The molecule has 2 N–H and O–H groups in total. The largest absolute Gasteiger partial charge is 0.329 e. The van der Waals surface area contributed by atoms with E-state index in [1.54, 1.807) is 0 Å². The van der Waals surface area contributed by atoms with E-state index >= 15 is 0 Å². The van der Waals surface area contributed by atoms with Gasteiger partial charge in [0.05, 0.1) is 0 Å². The van der Waals surface area contributed by atoms with Gasteiger partial charge in [0.1, 0.15) is 6.29 Å². The zero-order chi connectivity index (χ0) is 12.8. The van der Waals surface area contributed by atoms with Gasteiger partial charge >= 0.3 is 0 Å². The fourth-order valence-electron chi connectivity index (χ4n) is 2.89. The first kappa shape index (κ1) is 13.2. The lowest BCUT2D eigenvalue weighted by molar-refractivity contribution is -0.109. The van der Waals surface area contributed by atoms with Crippen LogP contribution < -0.4 is 5.73 Å². The number of nitrogens with zero attached hydrogens (tertiary/aromatic N) is 1. The summed E-state index contributed by atoms with van der Waals surface area (Å²) in [5.74, 6) is 0. The molecule has 0 amide bonds. The Labute approximate surface area is 109 Å². The van der Waals surface area contributed by atoms with Gasteiger partial charge in [-0.3, -0.25) is 4.90 Å². The van der Waals surface area contributed by atoms with Gasteiger partial charge in [0.15, 0.2) is 0 Å². The number of likely N-dealkylation sites (tertiary alicyclic amines) is 1. The number of piperidine rings is 1. The van der Waals surface area contributed by atoms with Gasteiger partial charge in [-0.1, -0.05) is 36.8 Å². The zero-order valence-corrected chi connectivity index (χ0v) is 10.8. The third-order valence-electron chi connectivity index (χ3n) is 3.86. The predicted octanol–water partition coefficient (Wildman–Crippen LogP) is 1.96. The predicted molar refractivity (Wildman–Crippen MR) is 73.1 cm³/mol. The van der Waals surface area contributed by atoms with Crippen molar-refractivity contribution in [1.29, 1.82) is 0 Å². The second-order valence-electron chi connectivity index (χ2n) is 5.03. The Hall–Kier alpha value is -1.19. The summed E-state index contributed by atoms with van der Waals surface area (Å²) in [6.45, 7) is 1.59. The summed E-state index contributed by atoms with van der Waals surface area (Å²) in [4.78, 5) is 13.2. The van der Waals surface area contributed by atoms with Crippen LogP contribution in [0, 0.1) is 0 Å². The van der Waals surface area contributed by atoms with E-state index in [9.17, 15) is 4.79 Å². The molecule has 0 saturated carbocycles. The van der Waals surface area contributed by atoms with Crippen LogP contribution in [0.5, 0.6) is 0 Å². The number of aldehydes is 1. The van der Waals surface area contributed by atoms with Crippen LogP contribution >= 0.6 is 0 Å². The number of carbonyl (C=O) groups is 1. The first-order valence-corrected chi connectivity index (χ1v) is 6.78. The fraction of sp³-hybridized carbons (Fsp3) is 0.533. The van der Waals surface area contributed by atoms with Crippen LogP contribution in [0.2, 0.25) is 0 Å². The molecule has 18 heavy (non-hydrogen) atoms. The van der Waals surface area contributed by atoms with E-state index < -0.39 is 0 Å². The highest BCUT2D eigenvalue weighted by molar-refractivity contribution is 5.50. The van der Waals surface area contributed by atoms with Gasteiger partial charge in [-0.2, -0.15) is 0 Å². The van der Waals surface area contributed by atoms with Crippen molar-refractivity contribution in [2.24, 2.45) is 5.73 Å². The lowest BCUT2D eigenvalue weighted by Crippen LogP contribution is -2.49. The van der Waals surface area contributed by atoms with Crippen molar-refractivity contribution in [1.82, 2.24) is 4.90 Å². The average Bonchev–Trinajstić information content (AvgIpc) is 2.42. The summed E-state index contributed by atoms with van der Waals surface area (Å²) in [5.41, 5.74) is 7.18. The molecule has 1 heterocycles. The number of rotatable bonds is 5. The molecule has 1 aromatic carbocycles. The maximum Gasteiger partial charge on any atom is 0.121 e. The van der Waals surface area contributed by atoms with Crippen molar-refractivity contribution < 1.29 is 4.79 Å². The summed E-state index contributed by atoms with van der Waals surface area (Å²) >= 11 is 0. The second-order valence-corrected chi connectivity index (χ2v) is 5.03. The van der Waals surface area contributed by atoms with E-state index in [2.05, 4.69) is 29.2 Å². The quantitative estimate of drug-likeness (QED) is 0.808. The molecular weight excluding hydrogens is 224 g/mol.